The number of thioether (sulfide) groups is 1. The largest absolute Gasteiger partial charge is 0.509 e. The van der Waals surface area contributed by atoms with Crippen molar-refractivity contribution in [1.82, 2.24) is 0 Å². The van der Waals surface area contributed by atoms with Gasteiger partial charge in [-0.2, -0.15) is 0 Å². The summed E-state index contributed by atoms with van der Waals surface area (Å²) in [7, 11) is 1.38. The minimum Gasteiger partial charge on any atom is -0.509 e. The zero-order valence-corrected chi connectivity index (χ0v) is 12.6. The van der Waals surface area contributed by atoms with E-state index in [1.165, 1.54) is 18.9 Å². The van der Waals surface area contributed by atoms with Gasteiger partial charge in [-0.3, -0.25) is 4.79 Å². The first-order valence-electron chi connectivity index (χ1n) is 5.78. The number of methoxy groups -OCH3 is 1. The summed E-state index contributed by atoms with van der Waals surface area (Å²) in [5.74, 6) is -0.267. The van der Waals surface area contributed by atoms with Crippen molar-refractivity contribution in [2.45, 2.75) is 38.9 Å². The highest BCUT2D eigenvalue weighted by molar-refractivity contribution is 8.05. The summed E-state index contributed by atoms with van der Waals surface area (Å²) in [5, 5.41) is 9.19. The Hall–Kier alpha value is -1.16. The number of ether oxygens (including phenoxy) is 1. The molecule has 0 aliphatic rings. The maximum atomic E-state index is 11.7. The molecule has 0 heterocycles. The molecule has 18 heavy (non-hydrogen) atoms. The lowest BCUT2D eigenvalue weighted by Crippen LogP contribution is -2.29. The number of hydrogen-bond acceptors (Lipinski definition) is 4. The molecule has 0 aliphatic heterocycles. The molecule has 0 amide bonds. The number of esters is 1. The maximum Gasteiger partial charge on any atom is 0.321 e. The molecular formula is C14H22O3S. The van der Waals surface area contributed by atoms with Crippen LogP contribution >= 0.6 is 11.8 Å². The Morgan fingerprint density at radius 1 is 1.50 bits per heavy atom. The van der Waals surface area contributed by atoms with Crippen LogP contribution in [0.4, 0.5) is 0 Å². The van der Waals surface area contributed by atoms with Crippen molar-refractivity contribution in [2.24, 2.45) is 0 Å². The van der Waals surface area contributed by atoms with Gasteiger partial charge in [0.05, 0.1) is 7.11 Å². The molecule has 3 nitrogen and oxygen atoms in total. The molecule has 0 saturated carbocycles. The predicted octanol–water partition coefficient (Wildman–Crippen LogP) is 3.98. The predicted molar refractivity (Wildman–Crippen MR) is 77.6 cm³/mol. The van der Waals surface area contributed by atoms with Crippen LogP contribution in [0.5, 0.6) is 0 Å². The molecule has 0 aromatic heterocycles. The molecule has 0 aromatic rings. The number of carbonyl (C=O) groups excluding carboxylic acids is 1. The summed E-state index contributed by atoms with van der Waals surface area (Å²) < 4.78 is 4.12. The molecule has 0 aromatic carbocycles. The molecule has 4 heteroatoms. The molecule has 0 unspecified atom stereocenters. The van der Waals surface area contributed by atoms with Crippen LogP contribution in [0.15, 0.2) is 35.0 Å². The molecule has 0 rings (SSSR count). The van der Waals surface area contributed by atoms with E-state index in [-0.39, 0.29) is 11.7 Å². The van der Waals surface area contributed by atoms with Crippen LogP contribution in [0.1, 0.15) is 34.1 Å². The Labute approximate surface area is 114 Å². The van der Waals surface area contributed by atoms with Crippen LogP contribution in [0, 0.1) is 0 Å². The van der Waals surface area contributed by atoms with E-state index in [0.29, 0.717) is 0 Å². The standard InChI is InChI=1S/C14H22O3S/c1-7-8-12(10(2)9-11(3)15)18-14(4,5)13(16)17-6/h8-9,15H,3,7H2,1-2,4-6H3/b10-9-,12-8+. The van der Waals surface area contributed by atoms with E-state index in [0.717, 1.165) is 16.9 Å². The molecule has 0 radical (unpaired) electrons. The van der Waals surface area contributed by atoms with Crippen molar-refractivity contribution in [3.05, 3.63) is 35.0 Å². The van der Waals surface area contributed by atoms with E-state index in [9.17, 15) is 9.90 Å². The lowest BCUT2D eigenvalue weighted by atomic mass is 10.2. The average Bonchev–Trinajstić information content (AvgIpc) is 2.26. The van der Waals surface area contributed by atoms with Gasteiger partial charge >= 0.3 is 5.97 Å². The fourth-order valence-corrected chi connectivity index (χ4v) is 2.54. The van der Waals surface area contributed by atoms with Crippen molar-refractivity contribution in [3.63, 3.8) is 0 Å². The lowest BCUT2D eigenvalue weighted by molar-refractivity contribution is -0.142. The van der Waals surface area contributed by atoms with Crippen LogP contribution in [0.3, 0.4) is 0 Å². The van der Waals surface area contributed by atoms with Crippen LogP contribution < -0.4 is 0 Å². The van der Waals surface area contributed by atoms with E-state index >= 15 is 0 Å². The quantitative estimate of drug-likeness (QED) is 0.450. The molecule has 102 valence electrons. The summed E-state index contributed by atoms with van der Waals surface area (Å²) in [6.45, 7) is 11.0. The van der Waals surface area contributed by atoms with Crippen molar-refractivity contribution in [2.75, 3.05) is 7.11 Å². The Bertz CT molecular complexity index is 379. The Balaban J connectivity index is 5.13. The second-order valence-corrected chi connectivity index (χ2v) is 6.06. The first kappa shape index (κ1) is 16.8. The first-order valence-corrected chi connectivity index (χ1v) is 6.60. The minimum absolute atomic E-state index is 0.00553. The summed E-state index contributed by atoms with van der Waals surface area (Å²) in [5.41, 5.74) is 0.881. The van der Waals surface area contributed by atoms with Crippen molar-refractivity contribution >= 4 is 17.7 Å². The normalized spacial score (nSPS) is 13.4. The Kier molecular flexibility index (Phi) is 6.84. The molecule has 0 bridgehead atoms. The van der Waals surface area contributed by atoms with E-state index < -0.39 is 4.75 Å². The topological polar surface area (TPSA) is 46.5 Å². The second kappa shape index (κ2) is 7.31. The summed E-state index contributed by atoms with van der Waals surface area (Å²) in [6.07, 6.45) is 4.45. The summed E-state index contributed by atoms with van der Waals surface area (Å²) in [4.78, 5) is 12.6. The van der Waals surface area contributed by atoms with E-state index in [2.05, 4.69) is 6.58 Å². The van der Waals surface area contributed by atoms with E-state index in [1.54, 1.807) is 6.08 Å². The summed E-state index contributed by atoms with van der Waals surface area (Å²) in [6, 6.07) is 0. The molecule has 0 saturated heterocycles. The second-order valence-electron chi connectivity index (χ2n) is 4.40. The molecular weight excluding hydrogens is 248 g/mol. The highest BCUT2D eigenvalue weighted by Crippen LogP contribution is 2.36. The van der Waals surface area contributed by atoms with Crippen molar-refractivity contribution < 1.29 is 14.6 Å². The average molecular weight is 270 g/mol. The van der Waals surface area contributed by atoms with Crippen LogP contribution in [0.25, 0.3) is 0 Å². The van der Waals surface area contributed by atoms with Gasteiger partial charge in [0.25, 0.3) is 0 Å². The number of carbonyl (C=O) groups is 1. The summed E-state index contributed by atoms with van der Waals surface area (Å²) >= 11 is 1.42. The lowest BCUT2D eigenvalue weighted by Gasteiger charge is -2.22. The monoisotopic (exact) mass is 270 g/mol. The molecule has 0 atom stereocenters. The number of aliphatic hydroxyl groups is 1. The number of aliphatic hydroxyl groups excluding tert-OH is 1. The first-order chi connectivity index (χ1) is 8.24. The number of hydrogen-bond donors (Lipinski definition) is 1. The zero-order valence-electron chi connectivity index (χ0n) is 11.7. The number of rotatable bonds is 6. The van der Waals surface area contributed by atoms with Crippen molar-refractivity contribution in [3.8, 4) is 0 Å². The van der Waals surface area contributed by atoms with Gasteiger partial charge in [-0.05, 0) is 38.8 Å². The molecule has 1 N–H and O–H groups in total. The fraction of sp³-hybridized carbons (Fsp3) is 0.500. The van der Waals surface area contributed by atoms with Crippen molar-refractivity contribution in [1.29, 1.82) is 0 Å². The number of allylic oxidation sites excluding steroid dienone is 3. The van der Waals surface area contributed by atoms with Gasteiger partial charge < -0.3 is 9.84 Å². The molecule has 0 aliphatic carbocycles. The highest BCUT2D eigenvalue weighted by Gasteiger charge is 2.31. The molecule has 0 spiro atoms. The fourth-order valence-electron chi connectivity index (χ4n) is 1.35. The molecule has 0 fully saturated rings. The Morgan fingerprint density at radius 3 is 2.44 bits per heavy atom. The minimum atomic E-state index is -0.665. The third-order valence-electron chi connectivity index (χ3n) is 2.20. The van der Waals surface area contributed by atoms with Crippen LogP contribution in [-0.2, 0) is 9.53 Å². The van der Waals surface area contributed by atoms with E-state index in [1.807, 2.05) is 33.8 Å². The van der Waals surface area contributed by atoms with Crippen LogP contribution in [-0.4, -0.2) is 22.9 Å². The Morgan fingerprint density at radius 2 is 2.06 bits per heavy atom. The highest BCUT2D eigenvalue weighted by atomic mass is 32.2. The van der Waals surface area contributed by atoms with Gasteiger partial charge in [0.15, 0.2) is 0 Å². The van der Waals surface area contributed by atoms with Gasteiger partial charge in [0.1, 0.15) is 10.5 Å². The van der Waals surface area contributed by atoms with E-state index in [4.69, 9.17) is 4.74 Å². The van der Waals surface area contributed by atoms with Gasteiger partial charge in [0.2, 0.25) is 0 Å². The van der Waals surface area contributed by atoms with Gasteiger partial charge in [0, 0.05) is 4.91 Å². The third-order valence-corrected chi connectivity index (χ3v) is 3.59. The smallest absolute Gasteiger partial charge is 0.321 e. The maximum absolute atomic E-state index is 11.7. The van der Waals surface area contributed by atoms with Crippen LogP contribution in [0.2, 0.25) is 0 Å². The van der Waals surface area contributed by atoms with Gasteiger partial charge in [-0.15, -0.1) is 11.8 Å². The zero-order chi connectivity index (χ0) is 14.3. The van der Waals surface area contributed by atoms with Gasteiger partial charge in [-0.25, -0.2) is 0 Å². The SMILES string of the molecule is C=C(O)/C=C(C)\C(=C/CC)SC(C)(C)C(=O)OC. The third kappa shape index (κ3) is 5.45. The van der Waals surface area contributed by atoms with Gasteiger partial charge in [-0.1, -0.05) is 19.6 Å².